The maximum Gasteiger partial charge on any atom is 0.231 e. The molecule has 6 heteroatoms. The molecule has 0 saturated heterocycles. The molecule has 1 aliphatic heterocycles. The molecule has 2 heterocycles. The molecule has 0 bridgehead atoms. The second-order valence-electron chi connectivity index (χ2n) is 4.69. The fourth-order valence-corrected chi connectivity index (χ4v) is 2.77. The summed E-state index contributed by atoms with van der Waals surface area (Å²) in [6, 6.07) is 8.38. The average molecular weight is 372 g/mol. The number of nitrogens with one attached hydrogen (secondary N) is 1. The molecule has 112 valence electrons. The fraction of sp³-hybridized carbons (Fsp3) is 0.267. The molecule has 1 atom stereocenters. The highest BCUT2D eigenvalue weighted by atomic mass is 79.9. The Hall–Kier alpha value is -1.30. The van der Waals surface area contributed by atoms with Gasteiger partial charge in [-0.15, -0.1) is 12.4 Å². The van der Waals surface area contributed by atoms with Crippen molar-refractivity contribution in [3.8, 4) is 11.5 Å². The number of pyridine rings is 1. The Bertz CT molecular complexity index is 610. The summed E-state index contributed by atoms with van der Waals surface area (Å²) in [7, 11) is 0. The van der Waals surface area contributed by atoms with E-state index in [-0.39, 0.29) is 25.2 Å². The van der Waals surface area contributed by atoms with Crippen LogP contribution >= 0.6 is 28.3 Å². The Kier molecular flexibility index (Phi) is 5.45. The first-order valence-corrected chi connectivity index (χ1v) is 7.24. The third-order valence-electron chi connectivity index (χ3n) is 3.31. The highest BCUT2D eigenvalue weighted by Crippen LogP contribution is 2.40. The van der Waals surface area contributed by atoms with Crippen molar-refractivity contribution >= 4 is 28.3 Å². The molecule has 1 aromatic heterocycles. The standard InChI is InChI=1S/C15H15BrN2O2.ClH/c1-10(12-2-4-17-5-3-12)18-8-11-6-13(16)15-14(7-11)19-9-20-15;/h2-7,10,18H,8-9H2,1H3;1H. The molecule has 1 unspecified atom stereocenters. The van der Waals surface area contributed by atoms with Crippen molar-refractivity contribution in [3.63, 3.8) is 0 Å². The Labute approximate surface area is 138 Å². The minimum Gasteiger partial charge on any atom is -0.454 e. The van der Waals surface area contributed by atoms with Gasteiger partial charge in [0.15, 0.2) is 11.5 Å². The molecule has 0 spiro atoms. The van der Waals surface area contributed by atoms with E-state index in [9.17, 15) is 0 Å². The first-order valence-electron chi connectivity index (χ1n) is 6.45. The van der Waals surface area contributed by atoms with Crippen LogP contribution in [0.1, 0.15) is 24.1 Å². The number of aromatic nitrogens is 1. The van der Waals surface area contributed by atoms with Crippen LogP contribution in [0, 0.1) is 0 Å². The van der Waals surface area contributed by atoms with Gasteiger partial charge in [-0.1, -0.05) is 0 Å². The lowest BCUT2D eigenvalue weighted by molar-refractivity contribution is 0.173. The van der Waals surface area contributed by atoms with Gasteiger partial charge < -0.3 is 14.8 Å². The summed E-state index contributed by atoms with van der Waals surface area (Å²) in [5.74, 6) is 1.59. The molecule has 21 heavy (non-hydrogen) atoms. The van der Waals surface area contributed by atoms with Crippen LogP contribution in [-0.4, -0.2) is 11.8 Å². The quantitative estimate of drug-likeness (QED) is 0.886. The van der Waals surface area contributed by atoms with E-state index < -0.39 is 0 Å². The number of hydrogen-bond donors (Lipinski definition) is 1. The van der Waals surface area contributed by atoms with Crippen LogP contribution in [0.25, 0.3) is 0 Å². The minimum absolute atomic E-state index is 0. The molecule has 3 rings (SSSR count). The number of halogens is 2. The zero-order valence-electron chi connectivity index (χ0n) is 11.5. The molecule has 4 nitrogen and oxygen atoms in total. The van der Waals surface area contributed by atoms with Crippen molar-refractivity contribution in [2.75, 3.05) is 6.79 Å². The molecular weight excluding hydrogens is 356 g/mol. The van der Waals surface area contributed by atoms with Gasteiger partial charge in [0.25, 0.3) is 0 Å². The summed E-state index contributed by atoms with van der Waals surface area (Å²) in [5.41, 5.74) is 2.38. The third kappa shape index (κ3) is 3.67. The number of hydrogen-bond acceptors (Lipinski definition) is 4. The highest BCUT2D eigenvalue weighted by molar-refractivity contribution is 9.10. The molecule has 2 aromatic rings. The molecule has 0 saturated carbocycles. The van der Waals surface area contributed by atoms with E-state index in [4.69, 9.17) is 9.47 Å². The normalized spacial score (nSPS) is 13.6. The van der Waals surface area contributed by atoms with Gasteiger partial charge in [-0.3, -0.25) is 4.98 Å². The summed E-state index contributed by atoms with van der Waals surface area (Å²) in [4.78, 5) is 4.03. The van der Waals surface area contributed by atoms with Crippen molar-refractivity contribution in [1.29, 1.82) is 0 Å². The summed E-state index contributed by atoms with van der Waals surface area (Å²) in [5, 5.41) is 3.49. The lowest BCUT2D eigenvalue weighted by Gasteiger charge is -2.14. The van der Waals surface area contributed by atoms with Gasteiger partial charge >= 0.3 is 0 Å². The number of fused-ring (bicyclic) bond motifs is 1. The van der Waals surface area contributed by atoms with E-state index in [2.05, 4.69) is 39.2 Å². The Morgan fingerprint density at radius 2 is 2.05 bits per heavy atom. The van der Waals surface area contributed by atoms with Crippen molar-refractivity contribution in [3.05, 3.63) is 52.3 Å². The number of benzene rings is 1. The van der Waals surface area contributed by atoms with Gasteiger partial charge in [0.2, 0.25) is 6.79 Å². The van der Waals surface area contributed by atoms with Crippen LogP contribution < -0.4 is 14.8 Å². The summed E-state index contributed by atoms with van der Waals surface area (Å²) >= 11 is 3.51. The zero-order valence-corrected chi connectivity index (χ0v) is 13.9. The summed E-state index contributed by atoms with van der Waals surface area (Å²) in [6.07, 6.45) is 3.62. The van der Waals surface area contributed by atoms with E-state index in [0.717, 1.165) is 28.1 Å². The molecule has 1 aliphatic rings. The molecule has 0 radical (unpaired) electrons. The highest BCUT2D eigenvalue weighted by Gasteiger charge is 2.18. The van der Waals surface area contributed by atoms with Crippen molar-refractivity contribution in [1.82, 2.24) is 10.3 Å². The van der Waals surface area contributed by atoms with Gasteiger partial charge in [0, 0.05) is 25.0 Å². The monoisotopic (exact) mass is 370 g/mol. The predicted octanol–water partition coefficient (Wildman–Crippen LogP) is 3.85. The Morgan fingerprint density at radius 3 is 2.81 bits per heavy atom. The molecule has 0 fully saturated rings. The molecule has 0 amide bonds. The maximum atomic E-state index is 5.42. The van der Waals surface area contributed by atoms with E-state index in [0.29, 0.717) is 0 Å². The predicted molar refractivity (Wildman–Crippen MR) is 87.0 cm³/mol. The maximum absolute atomic E-state index is 5.42. The first-order chi connectivity index (χ1) is 9.74. The largest absolute Gasteiger partial charge is 0.454 e. The molecule has 0 aliphatic carbocycles. The second kappa shape index (κ2) is 7.11. The van der Waals surface area contributed by atoms with Gasteiger partial charge in [0.05, 0.1) is 4.47 Å². The lowest BCUT2D eigenvalue weighted by atomic mass is 10.1. The zero-order chi connectivity index (χ0) is 13.9. The van der Waals surface area contributed by atoms with Crippen molar-refractivity contribution in [2.24, 2.45) is 0 Å². The number of ether oxygens (including phenoxy) is 2. The van der Waals surface area contributed by atoms with Crippen LogP contribution in [0.15, 0.2) is 41.1 Å². The van der Waals surface area contributed by atoms with Crippen molar-refractivity contribution < 1.29 is 9.47 Å². The topological polar surface area (TPSA) is 43.4 Å². The van der Waals surface area contributed by atoms with Gasteiger partial charge in [-0.25, -0.2) is 0 Å². The third-order valence-corrected chi connectivity index (χ3v) is 3.89. The van der Waals surface area contributed by atoms with Crippen molar-refractivity contribution in [2.45, 2.75) is 19.5 Å². The molecule has 1 N–H and O–H groups in total. The van der Waals surface area contributed by atoms with Gasteiger partial charge in [-0.05, 0) is 58.2 Å². The summed E-state index contributed by atoms with van der Waals surface area (Å²) in [6.45, 7) is 3.19. The number of rotatable bonds is 4. The van der Waals surface area contributed by atoms with E-state index in [1.165, 1.54) is 5.56 Å². The Morgan fingerprint density at radius 1 is 1.29 bits per heavy atom. The van der Waals surface area contributed by atoms with Crippen LogP contribution in [0.3, 0.4) is 0 Å². The van der Waals surface area contributed by atoms with Crippen LogP contribution in [0.2, 0.25) is 0 Å². The lowest BCUT2D eigenvalue weighted by Crippen LogP contribution is -2.18. The van der Waals surface area contributed by atoms with Gasteiger partial charge in [-0.2, -0.15) is 0 Å². The smallest absolute Gasteiger partial charge is 0.231 e. The van der Waals surface area contributed by atoms with Crippen LogP contribution in [-0.2, 0) is 6.54 Å². The number of nitrogens with zero attached hydrogens (tertiary/aromatic N) is 1. The minimum atomic E-state index is 0. The van der Waals surface area contributed by atoms with E-state index >= 15 is 0 Å². The van der Waals surface area contributed by atoms with Crippen LogP contribution in [0.4, 0.5) is 0 Å². The fourth-order valence-electron chi connectivity index (χ4n) is 2.16. The first kappa shape index (κ1) is 16.1. The summed E-state index contributed by atoms with van der Waals surface area (Å²) < 4.78 is 11.7. The second-order valence-corrected chi connectivity index (χ2v) is 5.55. The molecule has 1 aromatic carbocycles. The SMILES string of the molecule is CC(NCc1cc(Br)c2c(c1)OCO2)c1ccncc1.Cl. The van der Waals surface area contributed by atoms with E-state index in [1.807, 2.05) is 30.6 Å². The molecular formula is C15H16BrClN2O2. The van der Waals surface area contributed by atoms with E-state index in [1.54, 1.807) is 0 Å². The Balaban J connectivity index is 0.00000161. The van der Waals surface area contributed by atoms with Gasteiger partial charge in [0.1, 0.15) is 0 Å². The average Bonchev–Trinajstić information content (AvgIpc) is 2.94. The van der Waals surface area contributed by atoms with Crippen LogP contribution in [0.5, 0.6) is 11.5 Å².